The normalized spacial score (nSPS) is 21.3. The number of carbonyl (C=O) groups is 2. The number of rotatable bonds is 7. The van der Waals surface area contributed by atoms with Gasteiger partial charge in [0.2, 0.25) is 0 Å². The number of likely N-dealkylation sites (tertiary alicyclic amines) is 1. The van der Waals surface area contributed by atoms with E-state index in [0.29, 0.717) is 36.6 Å². The number of aliphatic hydroxyl groups excluding tert-OH is 1. The summed E-state index contributed by atoms with van der Waals surface area (Å²) >= 11 is 0. The molecule has 0 radical (unpaired) electrons. The number of aliphatic hydroxyl groups is 1. The number of piperidine rings is 1. The van der Waals surface area contributed by atoms with Gasteiger partial charge in [-0.25, -0.2) is 9.37 Å². The van der Waals surface area contributed by atoms with Gasteiger partial charge in [-0.1, -0.05) is 6.07 Å². The number of benzene rings is 1. The molecule has 1 aliphatic rings. The quantitative estimate of drug-likeness (QED) is 0.531. The van der Waals surface area contributed by atoms with Crippen LogP contribution in [0.25, 0.3) is 5.65 Å². The highest BCUT2D eigenvalue weighted by Gasteiger charge is 2.30. The number of amides is 1. The van der Waals surface area contributed by atoms with E-state index in [1.807, 2.05) is 13.0 Å². The number of nitrogens with one attached hydrogen (secondary N) is 1. The zero-order chi connectivity index (χ0) is 23.5. The van der Waals surface area contributed by atoms with Gasteiger partial charge in [-0.15, -0.1) is 0 Å². The first-order chi connectivity index (χ1) is 15.8. The van der Waals surface area contributed by atoms with E-state index >= 15 is 0 Å². The summed E-state index contributed by atoms with van der Waals surface area (Å²) in [6, 6.07) is 9.81. The summed E-state index contributed by atoms with van der Waals surface area (Å²) in [4.78, 5) is 31.9. The first-order valence-electron chi connectivity index (χ1n) is 11.3. The number of hydrogen-bond donors (Lipinski definition) is 2. The van der Waals surface area contributed by atoms with Crippen LogP contribution in [-0.2, 0) is 0 Å². The van der Waals surface area contributed by atoms with Crippen LogP contribution in [0.3, 0.4) is 0 Å². The predicted octanol–water partition coefficient (Wildman–Crippen LogP) is 3.92. The Bertz CT molecular complexity index is 1160. The minimum Gasteiger partial charge on any atom is -0.392 e. The number of Topliss-reactive ketones (excluding diaryl/α,β-unsaturated/α-hetero) is 1. The number of nitrogens with zero attached hydrogens (tertiary/aromatic N) is 3. The highest BCUT2D eigenvalue weighted by atomic mass is 19.1. The molecule has 4 rings (SSSR count). The molecule has 0 saturated carbocycles. The Balaban J connectivity index is 1.40. The number of halogens is 1. The third-order valence-electron chi connectivity index (χ3n) is 6.53. The molecule has 8 heteroatoms. The number of imidazole rings is 1. The van der Waals surface area contributed by atoms with Crippen LogP contribution in [0, 0.1) is 5.82 Å². The number of hydrogen-bond acceptors (Lipinski definition) is 5. The van der Waals surface area contributed by atoms with E-state index < -0.39 is 11.7 Å². The third-order valence-corrected chi connectivity index (χ3v) is 6.53. The van der Waals surface area contributed by atoms with Gasteiger partial charge >= 0.3 is 0 Å². The Morgan fingerprint density at radius 1 is 1.21 bits per heavy atom. The van der Waals surface area contributed by atoms with Crippen LogP contribution in [0.1, 0.15) is 60.4 Å². The summed E-state index contributed by atoms with van der Waals surface area (Å²) < 4.78 is 16.0. The maximum Gasteiger partial charge on any atom is 0.274 e. The van der Waals surface area contributed by atoms with Crippen molar-refractivity contribution in [2.24, 2.45) is 0 Å². The van der Waals surface area contributed by atoms with Gasteiger partial charge in [0.25, 0.3) is 5.91 Å². The van der Waals surface area contributed by atoms with E-state index in [1.165, 1.54) is 24.4 Å². The predicted molar refractivity (Wildman–Crippen MR) is 124 cm³/mol. The average Bonchev–Trinajstić information content (AvgIpc) is 3.24. The molecule has 0 unspecified atom stereocenters. The van der Waals surface area contributed by atoms with Crippen LogP contribution in [0.2, 0.25) is 0 Å². The zero-order valence-electron chi connectivity index (χ0n) is 18.9. The number of carbonyl (C=O) groups excluding carboxylic acids is 2. The lowest BCUT2D eigenvalue weighted by atomic mass is 9.94. The number of ketones is 1. The molecule has 7 nitrogen and oxygen atoms in total. The number of aromatic nitrogens is 2. The number of fused-ring (bicyclic) bond motifs is 1. The second-order valence-electron chi connectivity index (χ2n) is 8.72. The Morgan fingerprint density at radius 2 is 2.03 bits per heavy atom. The van der Waals surface area contributed by atoms with E-state index in [2.05, 4.69) is 22.1 Å². The van der Waals surface area contributed by atoms with Crippen molar-refractivity contribution in [1.29, 1.82) is 0 Å². The fourth-order valence-electron chi connectivity index (χ4n) is 4.51. The molecular weight excluding hydrogens is 423 g/mol. The Morgan fingerprint density at radius 3 is 2.85 bits per heavy atom. The van der Waals surface area contributed by atoms with Crippen molar-refractivity contribution >= 4 is 23.0 Å². The molecule has 2 aromatic heterocycles. The fraction of sp³-hybridized carbons (Fsp3) is 0.400. The smallest absolute Gasteiger partial charge is 0.274 e. The first kappa shape index (κ1) is 23.1. The molecule has 1 aromatic carbocycles. The highest BCUT2D eigenvalue weighted by Crippen LogP contribution is 2.24. The van der Waals surface area contributed by atoms with Crippen LogP contribution < -0.4 is 5.32 Å². The second-order valence-corrected chi connectivity index (χ2v) is 8.72. The van der Waals surface area contributed by atoms with Crippen LogP contribution in [-0.4, -0.2) is 55.8 Å². The van der Waals surface area contributed by atoms with Crippen molar-refractivity contribution in [3.05, 3.63) is 65.9 Å². The van der Waals surface area contributed by atoms with Gasteiger partial charge in [0.15, 0.2) is 5.78 Å². The molecule has 0 bridgehead atoms. The first-order valence-corrected chi connectivity index (χ1v) is 11.3. The molecule has 3 aromatic rings. The minimum atomic E-state index is -0.612. The Kier molecular flexibility index (Phi) is 6.85. The SMILES string of the molecule is C[C@@H]1CC[C@H](O)[C@H](C)N1CCCC(=O)c1ccc(F)c(NC(=O)c2cnc3ccccn23)c1. The molecule has 1 aliphatic heterocycles. The van der Waals surface area contributed by atoms with Gasteiger partial charge in [0.05, 0.1) is 18.0 Å². The van der Waals surface area contributed by atoms with E-state index in [1.54, 1.807) is 22.7 Å². The summed E-state index contributed by atoms with van der Waals surface area (Å²) in [7, 11) is 0. The molecule has 0 spiro atoms. The fourth-order valence-corrected chi connectivity index (χ4v) is 4.51. The third kappa shape index (κ3) is 4.96. The standard InChI is InChI=1S/C25H29FN4O3/c1-16-8-11-22(31)17(2)29(16)13-5-6-23(32)18-9-10-19(26)20(14-18)28-25(33)21-15-27-24-7-3-4-12-30(21)24/h3-4,7,9-10,12,14-17,22,31H,5-6,8,11,13H2,1-2H3,(H,28,33)/t16-,17+,22+/m1/s1. The molecular formula is C25H29FN4O3. The van der Waals surface area contributed by atoms with Crippen LogP contribution >= 0.6 is 0 Å². The molecule has 1 amide bonds. The topological polar surface area (TPSA) is 86.9 Å². The van der Waals surface area contributed by atoms with Crippen molar-refractivity contribution in [1.82, 2.24) is 14.3 Å². The Hall–Kier alpha value is -3.10. The molecule has 3 heterocycles. The molecule has 2 N–H and O–H groups in total. The summed E-state index contributed by atoms with van der Waals surface area (Å²) in [5.41, 5.74) is 1.19. The molecule has 1 saturated heterocycles. The maximum absolute atomic E-state index is 14.4. The highest BCUT2D eigenvalue weighted by molar-refractivity contribution is 6.04. The summed E-state index contributed by atoms with van der Waals surface area (Å²) in [6.45, 7) is 4.87. The number of pyridine rings is 1. The Labute approximate surface area is 192 Å². The van der Waals surface area contributed by atoms with Crippen molar-refractivity contribution in [3.8, 4) is 0 Å². The lowest BCUT2D eigenvalue weighted by Gasteiger charge is -2.41. The van der Waals surface area contributed by atoms with Crippen molar-refractivity contribution in [2.45, 2.75) is 57.7 Å². The zero-order valence-corrected chi connectivity index (χ0v) is 18.9. The summed E-state index contributed by atoms with van der Waals surface area (Å²) in [6.07, 6.45) is 5.48. The van der Waals surface area contributed by atoms with Crippen LogP contribution in [0.15, 0.2) is 48.8 Å². The molecule has 1 fully saturated rings. The maximum atomic E-state index is 14.4. The molecule has 0 aliphatic carbocycles. The minimum absolute atomic E-state index is 0.0434. The van der Waals surface area contributed by atoms with Crippen LogP contribution in [0.5, 0.6) is 0 Å². The van der Waals surface area contributed by atoms with Gasteiger partial charge in [-0.3, -0.25) is 18.9 Å². The molecule has 33 heavy (non-hydrogen) atoms. The van der Waals surface area contributed by atoms with E-state index in [4.69, 9.17) is 0 Å². The lowest BCUT2D eigenvalue weighted by Crippen LogP contribution is -2.51. The van der Waals surface area contributed by atoms with E-state index in [0.717, 1.165) is 12.8 Å². The largest absolute Gasteiger partial charge is 0.392 e. The lowest BCUT2D eigenvalue weighted by molar-refractivity contribution is -0.00859. The van der Waals surface area contributed by atoms with Gasteiger partial charge in [-0.2, -0.15) is 0 Å². The van der Waals surface area contributed by atoms with E-state index in [9.17, 15) is 19.1 Å². The van der Waals surface area contributed by atoms with Gasteiger partial charge < -0.3 is 10.4 Å². The van der Waals surface area contributed by atoms with Crippen LogP contribution in [0.4, 0.5) is 10.1 Å². The van der Waals surface area contributed by atoms with Crippen molar-refractivity contribution < 1.29 is 19.1 Å². The van der Waals surface area contributed by atoms with Gasteiger partial charge in [-0.05, 0) is 70.0 Å². The van der Waals surface area contributed by atoms with Gasteiger partial charge in [0.1, 0.15) is 17.2 Å². The monoisotopic (exact) mass is 452 g/mol. The van der Waals surface area contributed by atoms with Crippen molar-refractivity contribution in [2.75, 3.05) is 11.9 Å². The molecule has 174 valence electrons. The van der Waals surface area contributed by atoms with Gasteiger partial charge in [0, 0.05) is 30.3 Å². The van der Waals surface area contributed by atoms with Crippen molar-refractivity contribution in [3.63, 3.8) is 0 Å². The summed E-state index contributed by atoms with van der Waals surface area (Å²) in [5.74, 6) is -1.24. The molecule has 3 atom stereocenters. The summed E-state index contributed by atoms with van der Waals surface area (Å²) in [5, 5.41) is 12.7. The average molecular weight is 453 g/mol. The van der Waals surface area contributed by atoms with E-state index in [-0.39, 0.29) is 29.3 Å². The second kappa shape index (κ2) is 9.80. The number of anilines is 1.